The van der Waals surface area contributed by atoms with Gasteiger partial charge in [-0.15, -0.1) is 0 Å². The van der Waals surface area contributed by atoms with E-state index in [4.69, 9.17) is 21.1 Å². The van der Waals surface area contributed by atoms with Gasteiger partial charge in [0.05, 0.1) is 31.5 Å². The van der Waals surface area contributed by atoms with Crippen LogP contribution in [0.3, 0.4) is 0 Å². The van der Waals surface area contributed by atoms with E-state index < -0.39 is 11.7 Å². The van der Waals surface area contributed by atoms with Crippen LogP contribution in [-0.2, 0) is 11.2 Å². The molecule has 2 aliphatic rings. The fraction of sp³-hybridized carbons (Fsp3) is 0.520. The van der Waals surface area contributed by atoms with E-state index >= 15 is 0 Å². The Hall–Kier alpha value is -1.63. The van der Waals surface area contributed by atoms with Gasteiger partial charge in [-0.1, -0.05) is 35.9 Å². The summed E-state index contributed by atoms with van der Waals surface area (Å²) in [6, 6.07) is 13.8. The summed E-state index contributed by atoms with van der Waals surface area (Å²) in [4.78, 5) is 0. The predicted molar refractivity (Wildman–Crippen MR) is 120 cm³/mol. The van der Waals surface area contributed by atoms with Crippen molar-refractivity contribution >= 4 is 11.6 Å². The average molecular weight is 447 g/mol. The summed E-state index contributed by atoms with van der Waals surface area (Å²) >= 11 is 6.47. The summed E-state index contributed by atoms with van der Waals surface area (Å²) in [6.45, 7) is -0.0494. The van der Waals surface area contributed by atoms with Crippen molar-refractivity contribution in [2.75, 3.05) is 13.2 Å². The van der Waals surface area contributed by atoms with Crippen molar-refractivity contribution < 1.29 is 24.8 Å². The van der Waals surface area contributed by atoms with Crippen LogP contribution in [-0.4, -0.2) is 46.3 Å². The van der Waals surface area contributed by atoms with E-state index in [0.717, 1.165) is 48.1 Å². The number of aliphatic hydroxyl groups excluding tert-OH is 3. The summed E-state index contributed by atoms with van der Waals surface area (Å²) in [5.41, 5.74) is 2.62. The van der Waals surface area contributed by atoms with Crippen LogP contribution < -0.4 is 4.74 Å². The summed E-state index contributed by atoms with van der Waals surface area (Å²) < 4.78 is 12.1. The van der Waals surface area contributed by atoms with Gasteiger partial charge < -0.3 is 24.8 Å². The lowest BCUT2D eigenvalue weighted by molar-refractivity contribution is -0.113. The first-order valence-electron chi connectivity index (χ1n) is 11.1. The Kier molecular flexibility index (Phi) is 7.19. The Morgan fingerprint density at radius 1 is 1.03 bits per heavy atom. The predicted octanol–water partition coefficient (Wildman–Crippen LogP) is 4.19. The molecule has 0 amide bonds. The van der Waals surface area contributed by atoms with Crippen molar-refractivity contribution in [3.63, 3.8) is 0 Å². The Bertz CT molecular complexity index is 863. The van der Waals surface area contributed by atoms with Gasteiger partial charge in [0, 0.05) is 17.9 Å². The number of aliphatic hydroxyl groups is 3. The lowest BCUT2D eigenvalue weighted by Gasteiger charge is -2.32. The number of halogens is 1. The average Bonchev–Trinajstić information content (AvgIpc) is 3.25. The molecule has 5 nitrogen and oxygen atoms in total. The van der Waals surface area contributed by atoms with Crippen molar-refractivity contribution in [1.29, 1.82) is 0 Å². The van der Waals surface area contributed by atoms with Gasteiger partial charge >= 0.3 is 0 Å². The third-order valence-corrected chi connectivity index (χ3v) is 6.85. The summed E-state index contributed by atoms with van der Waals surface area (Å²) in [6.07, 6.45) is 4.52. The van der Waals surface area contributed by atoms with Gasteiger partial charge in [-0.3, -0.25) is 0 Å². The van der Waals surface area contributed by atoms with Gasteiger partial charge in [0.1, 0.15) is 11.4 Å². The Morgan fingerprint density at radius 2 is 1.77 bits per heavy atom. The van der Waals surface area contributed by atoms with Crippen LogP contribution in [0.5, 0.6) is 5.75 Å². The molecule has 0 spiro atoms. The molecule has 1 heterocycles. The highest BCUT2D eigenvalue weighted by Crippen LogP contribution is 2.35. The first-order chi connectivity index (χ1) is 15.0. The molecular weight excluding hydrogens is 416 g/mol. The van der Waals surface area contributed by atoms with Crippen molar-refractivity contribution in [1.82, 2.24) is 0 Å². The van der Waals surface area contributed by atoms with Crippen molar-refractivity contribution in [3.8, 4) is 5.75 Å². The third kappa shape index (κ3) is 5.41. The third-order valence-electron chi connectivity index (χ3n) is 6.48. The molecule has 168 valence electrons. The zero-order chi connectivity index (χ0) is 21.8. The second-order valence-electron chi connectivity index (χ2n) is 8.88. The summed E-state index contributed by atoms with van der Waals surface area (Å²) in [5.74, 6) is 0.777. The number of rotatable bonds is 7. The molecule has 0 radical (unpaired) electrons. The molecule has 0 aromatic heterocycles. The van der Waals surface area contributed by atoms with Crippen LogP contribution in [0.1, 0.15) is 61.3 Å². The summed E-state index contributed by atoms with van der Waals surface area (Å²) in [5, 5.41) is 30.0. The van der Waals surface area contributed by atoms with Crippen LogP contribution in [0.4, 0.5) is 0 Å². The molecule has 1 saturated heterocycles. The van der Waals surface area contributed by atoms with Crippen molar-refractivity contribution in [3.05, 3.63) is 64.2 Å². The van der Waals surface area contributed by atoms with Gasteiger partial charge in [-0.05, 0) is 67.0 Å². The minimum Gasteiger partial charge on any atom is -0.485 e. The maximum atomic E-state index is 10.1. The lowest BCUT2D eigenvalue weighted by atomic mass is 9.94. The molecule has 31 heavy (non-hydrogen) atoms. The highest BCUT2D eigenvalue weighted by Gasteiger charge is 2.35. The zero-order valence-corrected chi connectivity index (χ0v) is 18.4. The monoisotopic (exact) mass is 446 g/mol. The van der Waals surface area contributed by atoms with E-state index in [0.29, 0.717) is 24.3 Å². The van der Waals surface area contributed by atoms with Crippen LogP contribution in [0.25, 0.3) is 0 Å². The number of hydrogen-bond acceptors (Lipinski definition) is 5. The fourth-order valence-corrected chi connectivity index (χ4v) is 4.89. The molecule has 1 aliphatic heterocycles. The van der Waals surface area contributed by atoms with Gasteiger partial charge in [0.25, 0.3) is 0 Å². The highest BCUT2D eigenvalue weighted by atomic mass is 35.5. The van der Waals surface area contributed by atoms with Gasteiger partial charge in [-0.25, -0.2) is 0 Å². The van der Waals surface area contributed by atoms with Crippen LogP contribution in [0, 0.1) is 0 Å². The Balaban J connectivity index is 1.46. The fourth-order valence-electron chi connectivity index (χ4n) is 4.71. The molecule has 3 N–H and O–H groups in total. The zero-order valence-electron chi connectivity index (χ0n) is 17.7. The molecular formula is C25H31ClO5. The lowest BCUT2D eigenvalue weighted by Crippen LogP contribution is -2.36. The molecule has 0 bridgehead atoms. The topological polar surface area (TPSA) is 79.2 Å². The maximum Gasteiger partial charge on any atom is 0.132 e. The van der Waals surface area contributed by atoms with E-state index in [-0.39, 0.29) is 25.4 Å². The second-order valence-corrected chi connectivity index (χ2v) is 9.28. The number of benzene rings is 2. The van der Waals surface area contributed by atoms with E-state index in [1.807, 2.05) is 42.5 Å². The maximum absolute atomic E-state index is 10.1. The van der Waals surface area contributed by atoms with E-state index in [1.54, 1.807) is 0 Å². The largest absolute Gasteiger partial charge is 0.485 e. The Morgan fingerprint density at radius 3 is 2.45 bits per heavy atom. The van der Waals surface area contributed by atoms with Crippen LogP contribution in [0.2, 0.25) is 5.02 Å². The quantitative estimate of drug-likeness (QED) is 0.594. The molecule has 1 saturated carbocycles. The van der Waals surface area contributed by atoms with E-state index in [9.17, 15) is 15.3 Å². The molecule has 4 rings (SSSR count). The Labute approximate surface area is 188 Å². The van der Waals surface area contributed by atoms with Crippen LogP contribution in [0.15, 0.2) is 42.5 Å². The first kappa shape index (κ1) is 22.6. The van der Waals surface area contributed by atoms with Gasteiger partial charge in [0.15, 0.2) is 0 Å². The molecule has 6 heteroatoms. The molecule has 1 aliphatic carbocycles. The summed E-state index contributed by atoms with van der Waals surface area (Å²) in [7, 11) is 0. The molecule has 3 atom stereocenters. The number of hydrogen-bond donors (Lipinski definition) is 3. The molecule has 3 unspecified atom stereocenters. The highest BCUT2D eigenvalue weighted by molar-refractivity contribution is 6.31. The van der Waals surface area contributed by atoms with Crippen molar-refractivity contribution in [2.24, 2.45) is 0 Å². The van der Waals surface area contributed by atoms with Gasteiger partial charge in [-0.2, -0.15) is 0 Å². The normalized spacial score (nSPS) is 25.5. The molecule has 2 aromatic rings. The SMILES string of the molecule is OCC1CC(O)CC(c2ccc(Cl)c(Cc3ccc(OC4(CO)CCCC4)cc3)c2)O1. The molecule has 2 fully saturated rings. The minimum atomic E-state index is -0.482. The van der Waals surface area contributed by atoms with Crippen molar-refractivity contribution in [2.45, 2.75) is 68.9 Å². The smallest absolute Gasteiger partial charge is 0.132 e. The first-order valence-corrected chi connectivity index (χ1v) is 11.5. The molecule has 2 aromatic carbocycles. The van der Waals surface area contributed by atoms with E-state index in [2.05, 4.69) is 0 Å². The van der Waals surface area contributed by atoms with E-state index in [1.165, 1.54) is 0 Å². The van der Waals surface area contributed by atoms with Gasteiger partial charge in [0.2, 0.25) is 0 Å². The minimum absolute atomic E-state index is 0.0478. The standard InChI is InChI=1S/C25H31ClO5/c26-23-8-5-18(24-14-20(29)13-22(15-27)30-24)12-19(23)11-17-3-6-21(7-4-17)31-25(16-28)9-1-2-10-25/h3-8,12,20,22,24,27-29H,1-2,9-11,13-16H2. The number of ether oxygens (including phenoxy) is 2. The van der Waals surface area contributed by atoms with Crippen LogP contribution >= 0.6 is 11.6 Å². The second kappa shape index (κ2) is 9.88.